The van der Waals surface area contributed by atoms with Crippen LogP contribution < -0.4 is 5.73 Å². The number of carbonyl (C=O) groups excluding carboxylic acids is 1. The fourth-order valence-corrected chi connectivity index (χ4v) is 2.71. The Kier molecular flexibility index (Phi) is 3.84. The highest BCUT2D eigenvalue weighted by Gasteiger charge is 2.29. The summed E-state index contributed by atoms with van der Waals surface area (Å²) in [6, 6.07) is 5.95. The zero-order valence-electron chi connectivity index (χ0n) is 9.95. The molecular formula is C13H17BrN2O. The fraction of sp³-hybridized carbons (Fsp3) is 0.462. The molecule has 2 N–H and O–H groups in total. The van der Waals surface area contributed by atoms with Gasteiger partial charge in [0.25, 0.3) is 5.91 Å². The number of likely N-dealkylation sites (tertiary alicyclic amines) is 1. The molecule has 1 atom stereocenters. The van der Waals surface area contributed by atoms with Crippen molar-refractivity contribution in [2.75, 3.05) is 13.1 Å². The van der Waals surface area contributed by atoms with Crippen molar-refractivity contribution in [1.82, 2.24) is 4.90 Å². The number of benzene rings is 1. The quantitative estimate of drug-likeness (QED) is 0.910. The Bertz CT molecular complexity index is 433. The molecule has 92 valence electrons. The number of hydrogen-bond donors (Lipinski definition) is 1. The molecule has 0 radical (unpaired) electrons. The summed E-state index contributed by atoms with van der Waals surface area (Å²) in [7, 11) is 0. The summed E-state index contributed by atoms with van der Waals surface area (Å²) in [6.07, 6.45) is 2.08. The first-order valence-corrected chi connectivity index (χ1v) is 6.70. The van der Waals surface area contributed by atoms with Gasteiger partial charge >= 0.3 is 0 Å². The molecule has 1 unspecified atom stereocenters. The SMILES string of the molecule is Cc1c(Br)cccc1C(=O)N1CCCC1CN. The highest BCUT2D eigenvalue weighted by molar-refractivity contribution is 9.10. The maximum Gasteiger partial charge on any atom is 0.254 e. The predicted molar refractivity (Wildman–Crippen MR) is 72.0 cm³/mol. The van der Waals surface area contributed by atoms with E-state index in [0.29, 0.717) is 6.54 Å². The number of carbonyl (C=O) groups is 1. The molecule has 3 nitrogen and oxygen atoms in total. The first-order chi connectivity index (χ1) is 8.15. The van der Waals surface area contributed by atoms with Crippen LogP contribution in [-0.2, 0) is 0 Å². The highest BCUT2D eigenvalue weighted by atomic mass is 79.9. The lowest BCUT2D eigenvalue weighted by Crippen LogP contribution is -2.40. The van der Waals surface area contributed by atoms with Gasteiger partial charge in [0, 0.05) is 29.2 Å². The standard InChI is InChI=1S/C13H17BrN2O/c1-9-11(5-2-6-12(9)14)13(17)16-7-3-4-10(16)8-15/h2,5-6,10H,3-4,7-8,15H2,1H3. The summed E-state index contributed by atoms with van der Waals surface area (Å²) < 4.78 is 0.979. The third-order valence-corrected chi connectivity index (χ3v) is 4.27. The van der Waals surface area contributed by atoms with Crippen LogP contribution >= 0.6 is 15.9 Å². The van der Waals surface area contributed by atoms with E-state index in [-0.39, 0.29) is 11.9 Å². The summed E-state index contributed by atoms with van der Waals surface area (Å²) in [6.45, 7) is 3.34. The molecular weight excluding hydrogens is 280 g/mol. The molecule has 1 saturated heterocycles. The Hall–Kier alpha value is -0.870. The van der Waals surface area contributed by atoms with Gasteiger partial charge in [0.1, 0.15) is 0 Å². The highest BCUT2D eigenvalue weighted by Crippen LogP contribution is 2.24. The van der Waals surface area contributed by atoms with E-state index in [2.05, 4.69) is 15.9 Å². The van der Waals surface area contributed by atoms with Crippen molar-refractivity contribution in [3.8, 4) is 0 Å². The van der Waals surface area contributed by atoms with E-state index in [4.69, 9.17) is 5.73 Å². The monoisotopic (exact) mass is 296 g/mol. The minimum atomic E-state index is 0.108. The molecule has 0 spiro atoms. The van der Waals surface area contributed by atoms with Crippen molar-refractivity contribution in [1.29, 1.82) is 0 Å². The van der Waals surface area contributed by atoms with E-state index in [0.717, 1.165) is 35.0 Å². The van der Waals surface area contributed by atoms with Crippen LogP contribution in [0.25, 0.3) is 0 Å². The molecule has 0 bridgehead atoms. The molecule has 1 amide bonds. The van der Waals surface area contributed by atoms with E-state index in [1.54, 1.807) is 0 Å². The second-order valence-electron chi connectivity index (χ2n) is 4.44. The lowest BCUT2D eigenvalue weighted by atomic mass is 10.1. The third kappa shape index (κ3) is 2.38. The maximum absolute atomic E-state index is 12.4. The van der Waals surface area contributed by atoms with E-state index >= 15 is 0 Å². The van der Waals surface area contributed by atoms with Crippen LogP contribution in [0.4, 0.5) is 0 Å². The zero-order valence-corrected chi connectivity index (χ0v) is 11.5. The number of rotatable bonds is 2. The number of nitrogens with zero attached hydrogens (tertiary/aromatic N) is 1. The zero-order chi connectivity index (χ0) is 12.4. The summed E-state index contributed by atoms with van der Waals surface area (Å²) in [5.74, 6) is 0.108. The molecule has 1 aromatic carbocycles. The van der Waals surface area contributed by atoms with Gasteiger partial charge < -0.3 is 10.6 Å². The Morgan fingerprint density at radius 3 is 3.06 bits per heavy atom. The minimum absolute atomic E-state index is 0.108. The van der Waals surface area contributed by atoms with Gasteiger partial charge in [-0.25, -0.2) is 0 Å². The minimum Gasteiger partial charge on any atom is -0.334 e. The van der Waals surface area contributed by atoms with Crippen LogP contribution in [0, 0.1) is 6.92 Å². The van der Waals surface area contributed by atoms with Crippen LogP contribution in [0.15, 0.2) is 22.7 Å². The number of amides is 1. The van der Waals surface area contributed by atoms with Gasteiger partial charge in [-0.05, 0) is 37.5 Å². The first-order valence-electron chi connectivity index (χ1n) is 5.91. The van der Waals surface area contributed by atoms with Gasteiger partial charge in [-0.15, -0.1) is 0 Å². The summed E-state index contributed by atoms with van der Waals surface area (Å²) in [5.41, 5.74) is 7.48. The molecule has 2 rings (SSSR count). The van der Waals surface area contributed by atoms with Crippen LogP contribution in [0.3, 0.4) is 0 Å². The third-order valence-electron chi connectivity index (χ3n) is 3.41. The normalized spacial score (nSPS) is 19.7. The maximum atomic E-state index is 12.4. The smallest absolute Gasteiger partial charge is 0.254 e. The molecule has 0 aromatic heterocycles. The Morgan fingerprint density at radius 1 is 1.59 bits per heavy atom. The van der Waals surface area contributed by atoms with Crippen molar-refractivity contribution in [2.45, 2.75) is 25.8 Å². The second kappa shape index (κ2) is 5.19. The number of nitrogens with two attached hydrogens (primary N) is 1. The molecule has 1 fully saturated rings. The molecule has 1 aliphatic rings. The van der Waals surface area contributed by atoms with Crippen molar-refractivity contribution >= 4 is 21.8 Å². The number of hydrogen-bond acceptors (Lipinski definition) is 2. The van der Waals surface area contributed by atoms with Gasteiger partial charge in [0.15, 0.2) is 0 Å². The average molecular weight is 297 g/mol. The summed E-state index contributed by atoms with van der Waals surface area (Å²) in [5, 5.41) is 0. The lowest BCUT2D eigenvalue weighted by Gasteiger charge is -2.24. The van der Waals surface area contributed by atoms with Crippen molar-refractivity contribution in [3.05, 3.63) is 33.8 Å². The van der Waals surface area contributed by atoms with Crippen molar-refractivity contribution < 1.29 is 4.79 Å². The molecule has 17 heavy (non-hydrogen) atoms. The second-order valence-corrected chi connectivity index (χ2v) is 5.30. The molecule has 0 saturated carbocycles. The summed E-state index contributed by atoms with van der Waals surface area (Å²) in [4.78, 5) is 14.4. The molecule has 1 aliphatic heterocycles. The molecule has 1 aromatic rings. The van der Waals surface area contributed by atoms with Gasteiger partial charge in [0.2, 0.25) is 0 Å². The average Bonchev–Trinajstić information content (AvgIpc) is 2.80. The van der Waals surface area contributed by atoms with Gasteiger partial charge in [0.05, 0.1) is 0 Å². The van der Waals surface area contributed by atoms with E-state index in [1.165, 1.54) is 0 Å². The van der Waals surface area contributed by atoms with Gasteiger partial charge in [-0.2, -0.15) is 0 Å². The molecule has 1 heterocycles. The lowest BCUT2D eigenvalue weighted by molar-refractivity contribution is 0.0740. The van der Waals surface area contributed by atoms with Crippen LogP contribution in [0.5, 0.6) is 0 Å². The largest absolute Gasteiger partial charge is 0.334 e. The first kappa shape index (κ1) is 12.6. The topological polar surface area (TPSA) is 46.3 Å². The van der Waals surface area contributed by atoms with Crippen LogP contribution in [0.2, 0.25) is 0 Å². The van der Waals surface area contributed by atoms with Crippen molar-refractivity contribution in [3.63, 3.8) is 0 Å². The Labute approximate surface area is 110 Å². The Morgan fingerprint density at radius 2 is 2.35 bits per heavy atom. The Balaban J connectivity index is 2.28. The molecule has 0 aliphatic carbocycles. The van der Waals surface area contributed by atoms with Crippen LogP contribution in [-0.4, -0.2) is 29.9 Å². The predicted octanol–water partition coefficient (Wildman–Crippen LogP) is 2.32. The fourth-order valence-electron chi connectivity index (χ4n) is 2.34. The van der Waals surface area contributed by atoms with Gasteiger partial charge in [-0.3, -0.25) is 4.79 Å². The van der Waals surface area contributed by atoms with Crippen molar-refractivity contribution in [2.24, 2.45) is 5.73 Å². The molecule has 4 heteroatoms. The summed E-state index contributed by atoms with van der Waals surface area (Å²) >= 11 is 3.46. The van der Waals surface area contributed by atoms with E-state index < -0.39 is 0 Å². The number of halogens is 1. The van der Waals surface area contributed by atoms with Crippen LogP contribution in [0.1, 0.15) is 28.8 Å². The van der Waals surface area contributed by atoms with Gasteiger partial charge in [-0.1, -0.05) is 22.0 Å². The van der Waals surface area contributed by atoms with E-state index in [1.807, 2.05) is 30.0 Å². The van der Waals surface area contributed by atoms with E-state index in [9.17, 15) is 4.79 Å².